The van der Waals surface area contributed by atoms with Crippen LogP contribution >= 0.6 is 0 Å². The number of hydrogen-bond donors (Lipinski definition) is 2. The number of nitrogens with zero attached hydrogens (tertiary/aromatic N) is 3. The minimum atomic E-state index is -0.561. The fraction of sp³-hybridized carbons (Fsp3) is 0.783. The number of rotatable bonds is 22. The Balaban J connectivity index is 1.38. The number of nitrogens with one attached hydrogen (secondary N) is 1. The highest BCUT2D eigenvalue weighted by molar-refractivity contribution is 5.86. The molecule has 0 radical (unpaired) electrons. The van der Waals surface area contributed by atoms with Crippen molar-refractivity contribution in [1.82, 2.24) is 20.0 Å². The van der Waals surface area contributed by atoms with Crippen molar-refractivity contribution in [3.8, 4) is 0 Å². The van der Waals surface area contributed by atoms with Crippen molar-refractivity contribution < 1.29 is 33.8 Å². The predicted molar refractivity (Wildman–Crippen MR) is 224 cm³/mol. The van der Waals surface area contributed by atoms with E-state index in [1.165, 1.54) is 12.8 Å². The van der Waals surface area contributed by atoms with Gasteiger partial charge in [-0.15, -0.1) is 0 Å². The van der Waals surface area contributed by atoms with Crippen molar-refractivity contribution in [2.45, 2.75) is 149 Å². The molecular formula is C46H76N4O7. The highest BCUT2D eigenvalue weighted by Gasteiger charge is 2.45. The lowest BCUT2D eigenvalue weighted by molar-refractivity contribution is -0.143. The largest absolute Gasteiger partial charge is 0.394 e. The Labute approximate surface area is 344 Å². The number of amides is 3. The molecule has 322 valence electrons. The maximum absolute atomic E-state index is 14.2. The first-order chi connectivity index (χ1) is 27.1. The number of carbonyl (C=O) groups excluding carboxylic acids is 4. The molecule has 0 aromatic heterocycles. The SMILES string of the molecule is CCC(C)C(CN(C)C(=O)C(CCC(=O)C1C2CCCC(C2)N1C)C(C)C)C(CC(=O)N1CCCC1C(OC)C(C)C(=O)NC(CO)Cc1ccc(C)cc1)OC. The molecule has 1 saturated carbocycles. The number of ketones is 1. The standard InChI is InChI=1S/C46H76N4O7/c1-11-31(5)38(27-48(7)46(55)37(29(2)3)21-22-40(52)43-34-14-12-15-36(25-34)49(43)8)41(56-9)26-42(53)50-23-13-16-39(50)44(57-10)32(6)45(54)47-35(28-51)24-33-19-17-30(4)18-20-33/h17-20,29,31-32,34-39,41,43-44,51H,11-16,21-28H2,1-10H3,(H,47,54). The van der Waals surface area contributed by atoms with E-state index in [1.54, 1.807) is 14.2 Å². The number of fused-ring (bicyclic) bond motifs is 2. The molecule has 11 nitrogen and oxygen atoms in total. The molecular weight excluding hydrogens is 721 g/mol. The van der Waals surface area contributed by atoms with Crippen LogP contribution in [0.1, 0.15) is 110 Å². The van der Waals surface area contributed by atoms with Gasteiger partial charge in [0.25, 0.3) is 0 Å². The first-order valence-electron chi connectivity index (χ1n) is 22.0. The maximum atomic E-state index is 14.2. The minimum Gasteiger partial charge on any atom is -0.394 e. The normalized spacial score (nSPS) is 24.7. The lowest BCUT2D eigenvalue weighted by atomic mass is 9.82. The van der Waals surface area contributed by atoms with Crippen LogP contribution in [0.2, 0.25) is 0 Å². The van der Waals surface area contributed by atoms with E-state index in [4.69, 9.17) is 9.47 Å². The number of likely N-dealkylation sites (tertiary alicyclic amines) is 2. The van der Waals surface area contributed by atoms with E-state index in [2.05, 4.69) is 45.0 Å². The van der Waals surface area contributed by atoms with E-state index in [0.717, 1.165) is 43.2 Å². The number of Topliss-reactive ketones (excluding diaryl/α,β-unsaturated/α-hetero) is 1. The summed E-state index contributed by atoms with van der Waals surface area (Å²) in [5.41, 5.74) is 2.18. The number of aliphatic hydroxyl groups is 1. The van der Waals surface area contributed by atoms with Crippen LogP contribution in [0, 0.1) is 42.4 Å². The third-order valence-corrected chi connectivity index (χ3v) is 14.0. The van der Waals surface area contributed by atoms with Crippen molar-refractivity contribution in [2.24, 2.45) is 35.5 Å². The lowest BCUT2D eigenvalue weighted by Gasteiger charge is -2.37. The number of aliphatic hydroxyl groups excluding tert-OH is 1. The lowest BCUT2D eigenvalue weighted by Crippen LogP contribution is -2.52. The average molecular weight is 797 g/mol. The summed E-state index contributed by atoms with van der Waals surface area (Å²) in [4.78, 5) is 61.5. The number of likely N-dealkylation sites (N-methyl/N-ethyl adjacent to an activating group) is 1. The summed E-state index contributed by atoms with van der Waals surface area (Å²) in [5.74, 6) is -0.151. The number of benzene rings is 1. The highest BCUT2D eigenvalue weighted by Crippen LogP contribution is 2.40. The Kier molecular flexibility index (Phi) is 18.0. The van der Waals surface area contributed by atoms with E-state index in [9.17, 15) is 24.3 Å². The van der Waals surface area contributed by atoms with Gasteiger partial charge in [-0.2, -0.15) is 0 Å². The van der Waals surface area contributed by atoms with Gasteiger partial charge in [-0.1, -0.05) is 77.3 Å². The summed E-state index contributed by atoms with van der Waals surface area (Å²) in [6.07, 6.45) is 7.66. The molecule has 1 aliphatic carbocycles. The fourth-order valence-corrected chi connectivity index (χ4v) is 10.2. The summed E-state index contributed by atoms with van der Waals surface area (Å²) in [6, 6.07) is 7.83. The second-order valence-electron chi connectivity index (χ2n) is 18.2. The van der Waals surface area contributed by atoms with Crippen LogP contribution < -0.4 is 5.32 Å². The summed E-state index contributed by atoms with van der Waals surface area (Å²) in [5, 5.41) is 13.1. The van der Waals surface area contributed by atoms with Gasteiger partial charge in [-0.25, -0.2) is 0 Å². The van der Waals surface area contributed by atoms with Gasteiger partial charge in [0.15, 0.2) is 0 Å². The van der Waals surface area contributed by atoms with Crippen molar-refractivity contribution in [3.63, 3.8) is 0 Å². The van der Waals surface area contributed by atoms with Crippen LogP contribution in [0.4, 0.5) is 0 Å². The molecule has 0 spiro atoms. The second-order valence-corrected chi connectivity index (χ2v) is 18.2. The first kappa shape index (κ1) is 46.8. The number of ether oxygens (including phenoxy) is 2. The molecule has 11 unspecified atom stereocenters. The van der Waals surface area contributed by atoms with Crippen LogP contribution in [0.5, 0.6) is 0 Å². The van der Waals surface area contributed by atoms with Gasteiger partial charge < -0.3 is 29.7 Å². The molecule has 2 aliphatic heterocycles. The molecule has 3 aliphatic rings. The molecule has 1 aromatic carbocycles. The van der Waals surface area contributed by atoms with E-state index in [-0.39, 0.29) is 72.3 Å². The van der Waals surface area contributed by atoms with E-state index in [0.29, 0.717) is 44.3 Å². The number of hydrogen-bond acceptors (Lipinski definition) is 8. The van der Waals surface area contributed by atoms with Gasteiger partial charge >= 0.3 is 0 Å². The summed E-state index contributed by atoms with van der Waals surface area (Å²) >= 11 is 0. The molecule has 2 bridgehead atoms. The van der Waals surface area contributed by atoms with Gasteiger partial charge in [-0.3, -0.25) is 24.1 Å². The Morgan fingerprint density at radius 1 is 1.00 bits per heavy atom. The first-order valence-corrected chi connectivity index (χ1v) is 22.0. The van der Waals surface area contributed by atoms with Gasteiger partial charge in [0.1, 0.15) is 5.78 Å². The average Bonchev–Trinajstić information content (AvgIpc) is 3.77. The van der Waals surface area contributed by atoms with Crippen LogP contribution in [-0.2, 0) is 35.1 Å². The maximum Gasteiger partial charge on any atom is 0.225 e. The second kappa shape index (κ2) is 21.9. The van der Waals surface area contributed by atoms with Crippen LogP contribution in [0.15, 0.2) is 24.3 Å². The molecule has 11 atom stereocenters. The molecule has 2 N–H and O–H groups in total. The Bertz CT molecular complexity index is 1450. The number of aryl methyl sites for hydroxylation is 1. The molecule has 11 heteroatoms. The highest BCUT2D eigenvalue weighted by atomic mass is 16.5. The monoisotopic (exact) mass is 797 g/mol. The Morgan fingerprint density at radius 3 is 2.30 bits per heavy atom. The zero-order valence-electron chi connectivity index (χ0n) is 36.9. The van der Waals surface area contributed by atoms with Crippen LogP contribution in [-0.4, -0.2) is 128 Å². The third-order valence-electron chi connectivity index (χ3n) is 14.0. The Hall–Kier alpha value is -2.86. The number of carbonyl (C=O) groups is 4. The van der Waals surface area contributed by atoms with Crippen molar-refractivity contribution in [1.29, 1.82) is 0 Å². The molecule has 1 aromatic rings. The Morgan fingerprint density at radius 2 is 1.70 bits per heavy atom. The van der Waals surface area contributed by atoms with Crippen molar-refractivity contribution >= 4 is 23.5 Å². The third kappa shape index (κ3) is 11.9. The predicted octanol–water partition coefficient (Wildman–Crippen LogP) is 5.68. The van der Waals surface area contributed by atoms with Gasteiger partial charge in [0, 0.05) is 58.7 Å². The van der Waals surface area contributed by atoms with Gasteiger partial charge in [0.2, 0.25) is 17.7 Å². The van der Waals surface area contributed by atoms with Crippen molar-refractivity contribution in [3.05, 3.63) is 35.4 Å². The van der Waals surface area contributed by atoms with E-state index >= 15 is 0 Å². The number of methoxy groups -OCH3 is 2. The smallest absolute Gasteiger partial charge is 0.225 e. The van der Waals surface area contributed by atoms with Crippen molar-refractivity contribution in [2.75, 3.05) is 48.0 Å². The molecule has 3 fully saturated rings. The molecule has 2 heterocycles. The molecule has 4 rings (SSSR count). The zero-order valence-corrected chi connectivity index (χ0v) is 36.9. The van der Waals surface area contributed by atoms with Crippen LogP contribution in [0.25, 0.3) is 0 Å². The summed E-state index contributed by atoms with van der Waals surface area (Å²) < 4.78 is 12.1. The van der Waals surface area contributed by atoms with E-state index in [1.807, 2.05) is 55.0 Å². The molecule has 3 amide bonds. The summed E-state index contributed by atoms with van der Waals surface area (Å²) in [6.45, 7) is 13.1. The van der Waals surface area contributed by atoms with Gasteiger partial charge in [-0.05, 0) is 82.2 Å². The molecule has 57 heavy (non-hydrogen) atoms. The zero-order chi connectivity index (χ0) is 42.0. The quantitative estimate of drug-likeness (QED) is 0.154. The van der Waals surface area contributed by atoms with Crippen LogP contribution in [0.3, 0.4) is 0 Å². The topological polar surface area (TPSA) is 129 Å². The van der Waals surface area contributed by atoms with E-state index < -0.39 is 24.2 Å². The summed E-state index contributed by atoms with van der Waals surface area (Å²) in [7, 11) is 7.19. The molecule has 2 saturated heterocycles. The van der Waals surface area contributed by atoms with Gasteiger partial charge in [0.05, 0.1) is 49.3 Å². The fourth-order valence-electron chi connectivity index (χ4n) is 10.2. The minimum absolute atomic E-state index is 0.0179.